The minimum Gasteiger partial charge on any atom is -0.357 e. The standard InChI is InChI=1S/C14H11F3N2O3S2/c1-3-5-18(6-4-2)10-9(19(21)22)7-8(14(15,16)17)11-12(10)24-13(20)23-11/h3-4,7H,1-2,5-6H2. The van der Waals surface area contributed by atoms with Gasteiger partial charge >= 0.3 is 6.18 Å². The van der Waals surface area contributed by atoms with E-state index in [1.807, 2.05) is 0 Å². The summed E-state index contributed by atoms with van der Waals surface area (Å²) in [7, 11) is 0. The first-order valence-electron chi connectivity index (χ1n) is 6.49. The minimum absolute atomic E-state index is 0.0221. The van der Waals surface area contributed by atoms with Crippen molar-refractivity contribution in [2.24, 2.45) is 0 Å². The molecule has 0 aliphatic rings. The molecule has 0 radical (unpaired) electrons. The minimum atomic E-state index is -4.80. The van der Waals surface area contributed by atoms with Crippen LogP contribution in [-0.4, -0.2) is 18.0 Å². The highest BCUT2D eigenvalue weighted by molar-refractivity contribution is 7.36. The van der Waals surface area contributed by atoms with E-state index in [9.17, 15) is 28.1 Å². The average Bonchev–Trinajstić information content (AvgIpc) is 2.84. The molecule has 0 saturated heterocycles. The first-order chi connectivity index (χ1) is 11.2. The summed E-state index contributed by atoms with van der Waals surface area (Å²) in [5.41, 5.74) is -1.90. The van der Waals surface area contributed by atoms with Gasteiger partial charge in [-0.05, 0) is 0 Å². The quantitative estimate of drug-likeness (QED) is 0.425. The molecule has 2 aromatic rings. The molecule has 1 aromatic carbocycles. The van der Waals surface area contributed by atoms with Crippen molar-refractivity contribution in [3.05, 3.63) is 55.9 Å². The highest BCUT2D eigenvalue weighted by Crippen LogP contribution is 2.46. The Morgan fingerprint density at radius 2 is 1.75 bits per heavy atom. The zero-order valence-corrected chi connectivity index (χ0v) is 13.8. The van der Waals surface area contributed by atoms with Crippen LogP contribution in [0.15, 0.2) is 36.2 Å². The molecule has 0 atom stereocenters. The number of nitrogens with zero attached hydrogens (tertiary/aromatic N) is 2. The summed E-state index contributed by atoms with van der Waals surface area (Å²) in [5.74, 6) is 0. The van der Waals surface area contributed by atoms with Crippen LogP contribution in [0.25, 0.3) is 9.40 Å². The van der Waals surface area contributed by atoms with Crippen LogP contribution in [-0.2, 0) is 6.18 Å². The smallest absolute Gasteiger partial charge is 0.357 e. The molecule has 0 bridgehead atoms. The van der Waals surface area contributed by atoms with E-state index in [1.165, 1.54) is 17.1 Å². The summed E-state index contributed by atoms with van der Waals surface area (Å²) in [6, 6.07) is 0.486. The van der Waals surface area contributed by atoms with E-state index in [2.05, 4.69) is 13.2 Å². The van der Waals surface area contributed by atoms with E-state index < -0.39 is 26.4 Å². The Kier molecular flexibility index (Phi) is 5.09. The molecule has 10 heteroatoms. The SMILES string of the molecule is C=CCN(CC=C)c1c([N+](=O)[O-])cc(C(F)(F)F)c2sc(=O)sc12. The molecule has 2 rings (SSSR count). The van der Waals surface area contributed by atoms with Gasteiger partial charge in [-0.2, -0.15) is 13.2 Å². The first kappa shape index (κ1) is 18.1. The molecular weight excluding hydrogens is 365 g/mol. The summed E-state index contributed by atoms with van der Waals surface area (Å²) in [4.78, 5) is 23.6. The van der Waals surface area contributed by atoms with Gasteiger partial charge in [0.2, 0.25) is 0 Å². The Labute approximate surface area is 142 Å². The number of fused-ring (bicyclic) bond motifs is 1. The maximum atomic E-state index is 13.2. The fourth-order valence-corrected chi connectivity index (χ4v) is 4.48. The van der Waals surface area contributed by atoms with Crippen LogP contribution in [0.4, 0.5) is 24.5 Å². The number of anilines is 1. The number of nitro benzene ring substituents is 1. The van der Waals surface area contributed by atoms with Gasteiger partial charge in [-0.15, -0.1) is 13.2 Å². The van der Waals surface area contributed by atoms with Crippen molar-refractivity contribution in [3.8, 4) is 0 Å². The summed E-state index contributed by atoms with van der Waals surface area (Å²) in [6.45, 7) is 7.40. The predicted octanol–water partition coefficient (Wildman–Crippen LogP) is 4.43. The lowest BCUT2D eigenvalue weighted by atomic mass is 10.1. The second kappa shape index (κ2) is 6.73. The maximum absolute atomic E-state index is 13.2. The monoisotopic (exact) mass is 376 g/mol. The fraction of sp³-hybridized carbons (Fsp3) is 0.214. The van der Waals surface area contributed by atoms with Crippen LogP contribution < -0.4 is 8.96 Å². The van der Waals surface area contributed by atoms with E-state index in [0.29, 0.717) is 28.7 Å². The van der Waals surface area contributed by atoms with Crippen molar-refractivity contribution < 1.29 is 18.1 Å². The van der Waals surface area contributed by atoms with Gasteiger partial charge in [0.1, 0.15) is 5.69 Å². The molecule has 0 amide bonds. The average molecular weight is 376 g/mol. The van der Waals surface area contributed by atoms with Gasteiger partial charge in [-0.3, -0.25) is 14.9 Å². The zero-order chi connectivity index (χ0) is 18.1. The van der Waals surface area contributed by atoms with Crippen molar-refractivity contribution in [1.29, 1.82) is 0 Å². The Morgan fingerprint density at radius 1 is 1.21 bits per heavy atom. The number of rotatable bonds is 6. The summed E-state index contributed by atoms with van der Waals surface area (Å²) < 4.78 is 38.8. The van der Waals surface area contributed by atoms with E-state index >= 15 is 0 Å². The molecule has 5 nitrogen and oxygen atoms in total. The number of hydrogen-bond acceptors (Lipinski definition) is 6. The van der Waals surface area contributed by atoms with Crippen molar-refractivity contribution in [3.63, 3.8) is 0 Å². The molecule has 0 spiro atoms. The Morgan fingerprint density at radius 3 is 2.21 bits per heavy atom. The van der Waals surface area contributed by atoms with Crippen molar-refractivity contribution in [2.45, 2.75) is 6.18 Å². The summed E-state index contributed by atoms with van der Waals surface area (Å²) in [6.07, 6.45) is -1.87. The van der Waals surface area contributed by atoms with Crippen LogP contribution in [0.5, 0.6) is 0 Å². The molecule has 1 aromatic heterocycles. The molecule has 0 N–H and O–H groups in total. The number of hydrogen-bond donors (Lipinski definition) is 0. The molecular formula is C14H11F3N2O3S2. The third-order valence-electron chi connectivity index (χ3n) is 3.08. The second-order valence-electron chi connectivity index (χ2n) is 4.64. The van der Waals surface area contributed by atoms with Crippen LogP contribution in [0.1, 0.15) is 5.56 Å². The van der Waals surface area contributed by atoms with Crippen LogP contribution in [0.2, 0.25) is 0 Å². The third-order valence-corrected chi connectivity index (χ3v) is 5.27. The van der Waals surface area contributed by atoms with Gasteiger partial charge < -0.3 is 4.90 Å². The largest absolute Gasteiger partial charge is 0.418 e. The van der Waals surface area contributed by atoms with Crippen molar-refractivity contribution in [2.75, 3.05) is 18.0 Å². The zero-order valence-electron chi connectivity index (χ0n) is 12.1. The van der Waals surface area contributed by atoms with Crippen LogP contribution >= 0.6 is 22.7 Å². The van der Waals surface area contributed by atoms with Gasteiger partial charge in [-0.1, -0.05) is 34.8 Å². The van der Waals surface area contributed by atoms with Gasteiger partial charge in [-0.25, -0.2) is 0 Å². The number of alkyl halides is 3. The molecule has 1 heterocycles. The Bertz CT molecular complexity index is 860. The van der Waals surface area contributed by atoms with Gasteiger partial charge in [0.25, 0.3) is 9.74 Å². The van der Waals surface area contributed by atoms with Crippen LogP contribution in [0.3, 0.4) is 0 Å². The van der Waals surface area contributed by atoms with E-state index in [4.69, 9.17) is 0 Å². The summed E-state index contributed by atoms with van der Waals surface area (Å²) >= 11 is 1.00. The third kappa shape index (κ3) is 3.34. The lowest BCUT2D eigenvalue weighted by molar-refractivity contribution is -0.384. The van der Waals surface area contributed by atoms with E-state index in [-0.39, 0.29) is 28.2 Å². The molecule has 0 unspecified atom stereocenters. The number of nitro groups is 1. The van der Waals surface area contributed by atoms with E-state index in [0.717, 1.165) is 0 Å². The Hall–Kier alpha value is -2.20. The highest BCUT2D eigenvalue weighted by atomic mass is 32.2. The van der Waals surface area contributed by atoms with Gasteiger partial charge in [0.05, 0.1) is 19.9 Å². The fourth-order valence-electron chi connectivity index (χ4n) is 2.22. The molecule has 0 saturated carbocycles. The summed E-state index contributed by atoms with van der Waals surface area (Å²) in [5, 5.41) is 11.4. The molecule has 128 valence electrons. The number of halogens is 3. The first-order valence-corrected chi connectivity index (χ1v) is 8.13. The molecule has 0 aliphatic carbocycles. The highest BCUT2D eigenvalue weighted by Gasteiger charge is 2.38. The topological polar surface area (TPSA) is 63.4 Å². The normalized spacial score (nSPS) is 11.5. The van der Waals surface area contributed by atoms with Crippen LogP contribution in [0, 0.1) is 10.1 Å². The lowest BCUT2D eigenvalue weighted by Crippen LogP contribution is -2.24. The van der Waals surface area contributed by atoms with Crippen molar-refractivity contribution >= 4 is 43.4 Å². The van der Waals surface area contributed by atoms with Gasteiger partial charge in [0, 0.05) is 19.2 Å². The van der Waals surface area contributed by atoms with Crippen molar-refractivity contribution in [1.82, 2.24) is 0 Å². The molecule has 0 aliphatic heterocycles. The molecule has 24 heavy (non-hydrogen) atoms. The van der Waals surface area contributed by atoms with E-state index in [1.54, 1.807) is 0 Å². The maximum Gasteiger partial charge on any atom is 0.418 e. The van der Waals surface area contributed by atoms with Gasteiger partial charge in [0.15, 0.2) is 0 Å². The predicted molar refractivity (Wildman–Crippen MR) is 90.2 cm³/mol. The molecule has 0 fully saturated rings. The second-order valence-corrected chi connectivity index (χ2v) is 6.87. The number of benzene rings is 1. The Balaban J connectivity index is 2.94. The lowest BCUT2D eigenvalue weighted by Gasteiger charge is -2.22.